The van der Waals surface area contributed by atoms with Crippen molar-refractivity contribution in [3.8, 4) is 0 Å². The first kappa shape index (κ1) is 19.3. The Hall–Kier alpha value is -1.48. The lowest BCUT2D eigenvalue weighted by Crippen LogP contribution is -2.32. The molecule has 1 unspecified atom stereocenters. The van der Waals surface area contributed by atoms with E-state index < -0.39 is 42.4 Å². The van der Waals surface area contributed by atoms with E-state index in [9.17, 15) is 26.0 Å². The van der Waals surface area contributed by atoms with Crippen molar-refractivity contribution >= 4 is 25.6 Å². The van der Waals surface area contributed by atoms with E-state index in [1.807, 2.05) is 0 Å². The van der Waals surface area contributed by atoms with Gasteiger partial charge in [-0.25, -0.2) is 21.2 Å². The van der Waals surface area contributed by atoms with E-state index in [-0.39, 0.29) is 22.6 Å². The highest BCUT2D eigenvalue weighted by atomic mass is 32.2. The number of nitrogens with zero attached hydrogens (tertiary/aromatic N) is 1. The maximum atomic E-state index is 14.2. The first-order valence-electron chi connectivity index (χ1n) is 8.74. The van der Waals surface area contributed by atoms with Crippen molar-refractivity contribution in [3.05, 3.63) is 29.6 Å². The zero-order valence-electron chi connectivity index (χ0n) is 14.4. The van der Waals surface area contributed by atoms with Crippen LogP contribution in [0.5, 0.6) is 0 Å². The summed E-state index contributed by atoms with van der Waals surface area (Å²) in [5.41, 5.74) is -0.270. The Bertz CT molecular complexity index is 903. The van der Waals surface area contributed by atoms with Gasteiger partial charge in [-0.2, -0.15) is 0 Å². The van der Waals surface area contributed by atoms with Gasteiger partial charge in [-0.15, -0.1) is 0 Å². The molecule has 0 N–H and O–H groups in total. The summed E-state index contributed by atoms with van der Waals surface area (Å²) < 4.78 is 62.9. The third kappa shape index (κ3) is 3.93. The summed E-state index contributed by atoms with van der Waals surface area (Å²) in [6.07, 6.45) is 3.72. The molecule has 144 valence electrons. The largest absolute Gasteiger partial charge is 0.339 e. The molecule has 0 aromatic heterocycles. The van der Waals surface area contributed by atoms with Crippen LogP contribution in [-0.2, 0) is 19.7 Å². The topological polar surface area (TPSA) is 88.6 Å². The third-order valence-corrected chi connectivity index (χ3v) is 9.19. The summed E-state index contributed by atoms with van der Waals surface area (Å²) in [6, 6.07) is 3.14. The molecule has 0 bridgehead atoms. The number of rotatable bonds is 3. The van der Waals surface area contributed by atoms with Crippen molar-refractivity contribution < 1.29 is 26.0 Å². The Morgan fingerprint density at radius 3 is 2.35 bits per heavy atom. The zero-order chi connectivity index (χ0) is 18.9. The van der Waals surface area contributed by atoms with E-state index >= 15 is 0 Å². The Morgan fingerprint density at radius 2 is 1.77 bits per heavy atom. The number of halogens is 1. The van der Waals surface area contributed by atoms with Crippen LogP contribution in [0, 0.1) is 5.82 Å². The van der Waals surface area contributed by atoms with E-state index in [1.165, 1.54) is 0 Å². The molecule has 9 heteroatoms. The summed E-state index contributed by atoms with van der Waals surface area (Å²) in [5.74, 6) is -1.88. The number of benzene rings is 1. The van der Waals surface area contributed by atoms with Crippen molar-refractivity contribution in [1.82, 2.24) is 4.90 Å². The SMILES string of the molecule is O=C(c1cc(S(=O)(=O)C2CCS(=O)(=O)C2)ccc1F)N1CCCCCC1. The molecule has 2 aliphatic rings. The minimum Gasteiger partial charge on any atom is -0.339 e. The van der Waals surface area contributed by atoms with Crippen LogP contribution in [0.1, 0.15) is 42.5 Å². The van der Waals surface area contributed by atoms with Crippen molar-refractivity contribution in [2.45, 2.75) is 42.2 Å². The number of hydrogen-bond acceptors (Lipinski definition) is 5. The van der Waals surface area contributed by atoms with Gasteiger partial charge in [-0.1, -0.05) is 12.8 Å². The molecule has 0 saturated carbocycles. The standard InChI is InChI=1S/C17H22FNO5S2/c18-16-6-5-13(26(23,24)14-7-10-25(21,22)12-14)11-15(16)17(20)19-8-3-1-2-4-9-19/h5-6,11,14H,1-4,7-10,12H2. The highest BCUT2D eigenvalue weighted by Crippen LogP contribution is 2.27. The Kier molecular flexibility index (Phi) is 5.39. The monoisotopic (exact) mass is 403 g/mol. The average Bonchev–Trinajstić information content (AvgIpc) is 2.80. The lowest BCUT2D eigenvalue weighted by Gasteiger charge is -2.21. The van der Waals surface area contributed by atoms with Gasteiger partial charge in [0.15, 0.2) is 19.7 Å². The van der Waals surface area contributed by atoms with Crippen LogP contribution in [0.2, 0.25) is 0 Å². The third-order valence-electron chi connectivity index (χ3n) is 5.02. The summed E-state index contributed by atoms with van der Waals surface area (Å²) in [4.78, 5) is 14.0. The summed E-state index contributed by atoms with van der Waals surface area (Å²) in [5, 5.41) is -1.04. The Labute approximate surface area is 153 Å². The van der Waals surface area contributed by atoms with Crippen molar-refractivity contribution in [2.75, 3.05) is 24.6 Å². The predicted molar refractivity (Wildman–Crippen MR) is 95.0 cm³/mol. The smallest absolute Gasteiger partial charge is 0.256 e. The fourth-order valence-corrected chi connectivity index (χ4v) is 7.87. The number of likely N-dealkylation sites (tertiary alicyclic amines) is 1. The molecule has 2 aliphatic heterocycles. The molecule has 1 aromatic rings. The normalized spacial score (nSPS) is 23.6. The second kappa shape index (κ2) is 7.26. The van der Waals surface area contributed by atoms with Crippen LogP contribution >= 0.6 is 0 Å². The number of carbonyl (C=O) groups is 1. The van der Waals surface area contributed by atoms with Gasteiger partial charge < -0.3 is 4.90 Å². The quantitative estimate of drug-likeness (QED) is 0.718. The fraction of sp³-hybridized carbons (Fsp3) is 0.588. The molecular formula is C17H22FNO5S2. The molecule has 0 radical (unpaired) electrons. The van der Waals surface area contributed by atoms with Crippen LogP contribution in [0.15, 0.2) is 23.1 Å². The molecule has 1 amide bonds. The Balaban J connectivity index is 1.91. The van der Waals surface area contributed by atoms with Gasteiger partial charge in [0.1, 0.15) is 5.82 Å². The maximum Gasteiger partial charge on any atom is 0.256 e. The maximum absolute atomic E-state index is 14.2. The Morgan fingerprint density at radius 1 is 1.12 bits per heavy atom. The van der Waals surface area contributed by atoms with Gasteiger partial charge in [0, 0.05) is 13.1 Å². The second-order valence-electron chi connectivity index (χ2n) is 6.92. The summed E-state index contributed by atoms with van der Waals surface area (Å²) in [7, 11) is -7.31. The van der Waals surface area contributed by atoms with Crippen LogP contribution < -0.4 is 0 Å². The number of hydrogen-bond donors (Lipinski definition) is 0. The number of amides is 1. The number of carbonyl (C=O) groups excluding carboxylic acids is 1. The lowest BCUT2D eigenvalue weighted by atomic mass is 10.2. The minimum absolute atomic E-state index is 0.0252. The highest BCUT2D eigenvalue weighted by Gasteiger charge is 2.38. The molecule has 2 fully saturated rings. The first-order chi connectivity index (χ1) is 12.2. The molecule has 26 heavy (non-hydrogen) atoms. The van der Waals surface area contributed by atoms with Crippen LogP contribution in [0.4, 0.5) is 4.39 Å². The molecule has 2 saturated heterocycles. The second-order valence-corrected chi connectivity index (χ2v) is 11.4. The van der Waals surface area contributed by atoms with Gasteiger partial charge in [0.25, 0.3) is 5.91 Å². The van der Waals surface area contributed by atoms with Crippen molar-refractivity contribution in [1.29, 1.82) is 0 Å². The van der Waals surface area contributed by atoms with Crippen molar-refractivity contribution in [2.24, 2.45) is 0 Å². The zero-order valence-corrected chi connectivity index (χ0v) is 16.0. The molecule has 2 heterocycles. The molecular weight excluding hydrogens is 381 g/mol. The fourth-order valence-electron chi connectivity index (χ4n) is 3.49. The van der Waals surface area contributed by atoms with Gasteiger partial charge in [-0.3, -0.25) is 4.79 Å². The minimum atomic E-state index is -3.94. The van der Waals surface area contributed by atoms with E-state index in [0.29, 0.717) is 13.1 Å². The lowest BCUT2D eigenvalue weighted by molar-refractivity contribution is 0.0756. The number of sulfone groups is 2. The van der Waals surface area contributed by atoms with Crippen LogP contribution in [0.3, 0.4) is 0 Å². The van der Waals surface area contributed by atoms with E-state index in [0.717, 1.165) is 43.9 Å². The molecule has 1 atom stereocenters. The van der Waals surface area contributed by atoms with E-state index in [4.69, 9.17) is 0 Å². The predicted octanol–water partition coefficient (Wildman–Crippen LogP) is 1.80. The molecule has 1 aromatic carbocycles. The average molecular weight is 403 g/mol. The van der Waals surface area contributed by atoms with Gasteiger partial charge in [0.05, 0.1) is 27.2 Å². The van der Waals surface area contributed by atoms with Crippen LogP contribution in [-0.4, -0.2) is 57.5 Å². The summed E-state index contributed by atoms with van der Waals surface area (Å²) in [6.45, 7) is 1.05. The van der Waals surface area contributed by atoms with Gasteiger partial charge >= 0.3 is 0 Å². The summed E-state index contributed by atoms with van der Waals surface area (Å²) >= 11 is 0. The van der Waals surface area contributed by atoms with Crippen molar-refractivity contribution in [3.63, 3.8) is 0 Å². The van der Waals surface area contributed by atoms with E-state index in [2.05, 4.69) is 0 Å². The molecule has 6 nitrogen and oxygen atoms in total. The molecule has 0 aliphatic carbocycles. The van der Waals surface area contributed by atoms with Gasteiger partial charge in [-0.05, 0) is 37.5 Å². The highest BCUT2D eigenvalue weighted by molar-refractivity contribution is 7.96. The first-order valence-corrected chi connectivity index (χ1v) is 12.1. The van der Waals surface area contributed by atoms with E-state index in [1.54, 1.807) is 4.90 Å². The van der Waals surface area contributed by atoms with Crippen LogP contribution in [0.25, 0.3) is 0 Å². The van der Waals surface area contributed by atoms with Gasteiger partial charge in [0.2, 0.25) is 0 Å². The molecule has 0 spiro atoms. The molecule has 3 rings (SSSR count).